The van der Waals surface area contributed by atoms with Gasteiger partial charge in [-0.2, -0.15) is 0 Å². The van der Waals surface area contributed by atoms with Crippen molar-refractivity contribution in [2.75, 3.05) is 16.8 Å². The van der Waals surface area contributed by atoms with Crippen molar-refractivity contribution in [3.8, 4) is 0 Å². The van der Waals surface area contributed by atoms with Gasteiger partial charge in [-0.3, -0.25) is 9.59 Å². The Morgan fingerprint density at radius 1 is 1.00 bits per heavy atom. The third-order valence-corrected chi connectivity index (χ3v) is 4.60. The third-order valence-electron chi connectivity index (χ3n) is 4.60. The van der Waals surface area contributed by atoms with E-state index in [1.807, 2.05) is 75.9 Å². The topological polar surface area (TPSA) is 49.4 Å². The molecule has 2 aromatic rings. The molecule has 1 N–H and O–H groups in total. The second-order valence-electron chi connectivity index (χ2n) is 8.13. The summed E-state index contributed by atoms with van der Waals surface area (Å²) in [4.78, 5) is 27.0. The first kappa shape index (κ1) is 18.2. The van der Waals surface area contributed by atoms with Gasteiger partial charge < -0.3 is 10.2 Å². The number of fused-ring (bicyclic) bond motifs is 1. The molecule has 4 nitrogen and oxygen atoms in total. The van der Waals surface area contributed by atoms with E-state index in [1.54, 1.807) is 0 Å². The maximum Gasteiger partial charge on any atom is 0.255 e. The number of nitrogens with zero attached hydrogens (tertiary/aromatic N) is 1. The maximum absolute atomic E-state index is 12.6. The number of carbonyl (C=O) groups excluding carboxylic acids is 2. The molecule has 1 aliphatic heterocycles. The molecule has 0 aromatic heterocycles. The number of hydrogen-bond donors (Lipinski definition) is 1. The van der Waals surface area contributed by atoms with E-state index in [1.165, 1.54) is 0 Å². The van der Waals surface area contributed by atoms with Gasteiger partial charge in [0.25, 0.3) is 5.91 Å². The second kappa shape index (κ2) is 6.60. The normalized spacial score (nSPS) is 13.5. The summed E-state index contributed by atoms with van der Waals surface area (Å²) >= 11 is 0. The largest absolute Gasteiger partial charge is 0.322 e. The van der Waals surface area contributed by atoms with Crippen molar-refractivity contribution in [1.82, 2.24) is 0 Å². The molecule has 0 radical (unpaired) electrons. The van der Waals surface area contributed by atoms with E-state index in [2.05, 4.69) is 5.32 Å². The van der Waals surface area contributed by atoms with Gasteiger partial charge in [0.15, 0.2) is 0 Å². The van der Waals surface area contributed by atoms with Crippen molar-refractivity contribution in [1.29, 1.82) is 0 Å². The van der Waals surface area contributed by atoms with Crippen molar-refractivity contribution in [2.24, 2.45) is 5.41 Å². The zero-order valence-corrected chi connectivity index (χ0v) is 16.1. The van der Waals surface area contributed by atoms with E-state index in [0.29, 0.717) is 12.1 Å². The average molecular weight is 350 g/mol. The lowest BCUT2D eigenvalue weighted by Crippen LogP contribution is -2.38. The fourth-order valence-electron chi connectivity index (χ4n) is 3.40. The van der Waals surface area contributed by atoms with Crippen LogP contribution in [-0.4, -0.2) is 18.4 Å². The van der Waals surface area contributed by atoms with E-state index in [0.717, 1.165) is 34.5 Å². The molecule has 26 heavy (non-hydrogen) atoms. The molecule has 0 aliphatic carbocycles. The SMILES string of the molecule is Cc1cc(C)cc(C(=O)Nc2ccc3c(c2)CCN3C(=O)C(C)(C)C)c1. The second-order valence-corrected chi connectivity index (χ2v) is 8.13. The van der Waals surface area contributed by atoms with Gasteiger partial charge in [-0.25, -0.2) is 0 Å². The monoisotopic (exact) mass is 350 g/mol. The molecule has 0 saturated heterocycles. The zero-order chi connectivity index (χ0) is 19.1. The van der Waals surface area contributed by atoms with Gasteiger partial charge in [0, 0.05) is 28.9 Å². The summed E-state index contributed by atoms with van der Waals surface area (Å²) < 4.78 is 0. The first-order valence-electron chi connectivity index (χ1n) is 9.00. The van der Waals surface area contributed by atoms with Crippen LogP contribution in [0.3, 0.4) is 0 Å². The smallest absolute Gasteiger partial charge is 0.255 e. The van der Waals surface area contributed by atoms with Gasteiger partial charge in [0.05, 0.1) is 0 Å². The Labute approximate surface area is 155 Å². The molecule has 0 unspecified atom stereocenters. The highest BCUT2D eigenvalue weighted by atomic mass is 16.2. The van der Waals surface area contributed by atoms with E-state index < -0.39 is 5.41 Å². The van der Waals surface area contributed by atoms with Crippen LogP contribution in [0.4, 0.5) is 11.4 Å². The molecule has 1 aliphatic rings. The van der Waals surface area contributed by atoms with Gasteiger partial charge in [-0.1, -0.05) is 38.0 Å². The molecule has 3 rings (SSSR count). The Morgan fingerprint density at radius 3 is 2.27 bits per heavy atom. The van der Waals surface area contributed by atoms with Crippen LogP contribution in [-0.2, 0) is 11.2 Å². The summed E-state index contributed by atoms with van der Waals surface area (Å²) in [6.07, 6.45) is 0.810. The van der Waals surface area contributed by atoms with Crippen molar-refractivity contribution in [3.63, 3.8) is 0 Å². The quantitative estimate of drug-likeness (QED) is 0.867. The molecule has 0 saturated carbocycles. The minimum absolute atomic E-state index is 0.114. The molecular weight excluding hydrogens is 324 g/mol. The summed E-state index contributed by atoms with van der Waals surface area (Å²) in [5.41, 5.74) is 5.21. The van der Waals surface area contributed by atoms with Crippen LogP contribution in [0.25, 0.3) is 0 Å². The summed E-state index contributed by atoms with van der Waals surface area (Å²) in [5, 5.41) is 2.97. The van der Waals surface area contributed by atoms with Gasteiger partial charge in [0.1, 0.15) is 0 Å². The van der Waals surface area contributed by atoms with E-state index in [-0.39, 0.29) is 11.8 Å². The van der Waals surface area contributed by atoms with Crippen molar-refractivity contribution in [3.05, 3.63) is 58.7 Å². The Balaban J connectivity index is 1.80. The number of aryl methyl sites for hydroxylation is 2. The predicted octanol–water partition coefficient (Wildman–Crippen LogP) is 4.49. The van der Waals surface area contributed by atoms with E-state index >= 15 is 0 Å². The van der Waals surface area contributed by atoms with Crippen LogP contribution in [0.2, 0.25) is 0 Å². The van der Waals surface area contributed by atoms with E-state index in [9.17, 15) is 9.59 Å². The molecular formula is C22H26N2O2. The minimum Gasteiger partial charge on any atom is -0.322 e. The lowest BCUT2D eigenvalue weighted by atomic mass is 9.94. The van der Waals surface area contributed by atoms with Crippen molar-refractivity contribution >= 4 is 23.2 Å². The lowest BCUT2D eigenvalue weighted by Gasteiger charge is -2.26. The molecule has 0 atom stereocenters. The van der Waals surface area contributed by atoms with Crippen LogP contribution in [0.1, 0.15) is 47.8 Å². The van der Waals surface area contributed by atoms with Gasteiger partial charge in [-0.15, -0.1) is 0 Å². The van der Waals surface area contributed by atoms with Gasteiger partial charge in [-0.05, 0) is 56.2 Å². The lowest BCUT2D eigenvalue weighted by molar-refractivity contribution is -0.125. The van der Waals surface area contributed by atoms with Gasteiger partial charge in [0.2, 0.25) is 5.91 Å². The number of benzene rings is 2. The van der Waals surface area contributed by atoms with Crippen LogP contribution in [0.15, 0.2) is 36.4 Å². The number of nitrogens with one attached hydrogen (secondary N) is 1. The number of carbonyl (C=O) groups is 2. The predicted molar refractivity (Wildman–Crippen MR) is 106 cm³/mol. The van der Waals surface area contributed by atoms with Gasteiger partial charge >= 0.3 is 0 Å². The molecule has 4 heteroatoms. The number of rotatable bonds is 2. The highest BCUT2D eigenvalue weighted by molar-refractivity contribution is 6.05. The van der Waals surface area contributed by atoms with Crippen LogP contribution >= 0.6 is 0 Å². The molecule has 1 heterocycles. The molecule has 136 valence electrons. The molecule has 0 fully saturated rings. The molecule has 2 amide bonds. The minimum atomic E-state index is -0.405. The highest BCUT2D eigenvalue weighted by Gasteiger charge is 2.32. The molecule has 2 aromatic carbocycles. The first-order valence-corrected chi connectivity index (χ1v) is 9.00. The summed E-state index contributed by atoms with van der Waals surface area (Å²) in [7, 11) is 0. The summed E-state index contributed by atoms with van der Waals surface area (Å²) in [6, 6.07) is 11.6. The Morgan fingerprint density at radius 2 is 1.65 bits per heavy atom. The van der Waals surface area contributed by atoms with E-state index in [4.69, 9.17) is 0 Å². The highest BCUT2D eigenvalue weighted by Crippen LogP contribution is 2.33. The summed E-state index contributed by atoms with van der Waals surface area (Å²) in [6.45, 7) is 10.5. The molecule has 0 spiro atoms. The fraction of sp³-hybridized carbons (Fsp3) is 0.364. The van der Waals surface area contributed by atoms with Crippen molar-refractivity contribution < 1.29 is 9.59 Å². The molecule has 0 bridgehead atoms. The fourth-order valence-corrected chi connectivity index (χ4v) is 3.40. The Kier molecular flexibility index (Phi) is 4.61. The number of amides is 2. The number of hydrogen-bond acceptors (Lipinski definition) is 2. The third kappa shape index (κ3) is 3.64. The first-order chi connectivity index (χ1) is 12.1. The Hall–Kier alpha value is -2.62. The maximum atomic E-state index is 12.6. The van der Waals surface area contributed by atoms with Crippen molar-refractivity contribution in [2.45, 2.75) is 41.0 Å². The Bertz CT molecular complexity index is 858. The standard InChI is InChI=1S/C22H26N2O2/c1-14-10-15(2)12-17(11-14)20(25)23-18-6-7-19-16(13-18)8-9-24(19)21(26)22(3,4)5/h6-7,10-13H,8-9H2,1-5H3,(H,23,25). The van der Waals surface area contributed by atoms with Crippen LogP contribution < -0.4 is 10.2 Å². The average Bonchev–Trinajstić information content (AvgIpc) is 2.95. The zero-order valence-electron chi connectivity index (χ0n) is 16.1. The summed E-state index contributed by atoms with van der Waals surface area (Å²) in [5.74, 6) is 0.0145. The van der Waals surface area contributed by atoms with Crippen LogP contribution in [0.5, 0.6) is 0 Å². The van der Waals surface area contributed by atoms with Crippen LogP contribution in [0, 0.1) is 19.3 Å². The number of anilines is 2.